The maximum absolute atomic E-state index is 14.5. The molecule has 140 valence electrons. The molecule has 0 radical (unpaired) electrons. The molecule has 0 spiro atoms. The molecule has 7 heteroatoms. The highest BCUT2D eigenvalue weighted by atomic mass is 32.2. The number of hydrogen-bond acceptors (Lipinski definition) is 2. The van der Waals surface area contributed by atoms with Crippen LogP contribution in [0.1, 0.15) is 0 Å². The summed E-state index contributed by atoms with van der Waals surface area (Å²) in [5.41, 5.74) is 0.281. The van der Waals surface area contributed by atoms with Crippen molar-refractivity contribution < 1.29 is 22.1 Å². The third kappa shape index (κ3) is 3.12. The second-order valence-electron chi connectivity index (χ2n) is 5.96. The number of para-hydroxylation sites is 1. The lowest BCUT2D eigenvalue weighted by molar-refractivity contribution is 0.504. The molecule has 0 aliphatic rings. The first-order chi connectivity index (χ1) is 13.5. The first kappa shape index (κ1) is 18.5. The Hall–Kier alpha value is -2.90. The van der Waals surface area contributed by atoms with Crippen LogP contribution in [0.15, 0.2) is 76.7 Å². The minimum atomic E-state index is -2.01. The maximum Gasteiger partial charge on any atom is 0.185 e. The number of nitrogens with zero attached hydrogens (tertiary/aromatic N) is 1. The topological polar surface area (TPSA) is 36.0 Å². The highest BCUT2D eigenvalue weighted by Crippen LogP contribution is 2.38. The van der Waals surface area contributed by atoms with Crippen molar-refractivity contribution in [2.45, 2.75) is 9.79 Å². The van der Waals surface area contributed by atoms with Gasteiger partial charge in [0.25, 0.3) is 0 Å². The van der Waals surface area contributed by atoms with Crippen LogP contribution in [0.5, 0.6) is 0 Å². The van der Waals surface area contributed by atoms with E-state index < -0.39 is 34.4 Å². The molecule has 0 saturated heterocycles. The van der Waals surface area contributed by atoms with Gasteiger partial charge in [-0.05, 0) is 24.3 Å². The van der Waals surface area contributed by atoms with E-state index in [1.165, 1.54) is 42.6 Å². The summed E-state index contributed by atoms with van der Waals surface area (Å²) in [6.45, 7) is 0. The predicted octanol–water partition coefficient (Wildman–Crippen LogP) is 5.62. The molecule has 28 heavy (non-hydrogen) atoms. The van der Waals surface area contributed by atoms with Crippen molar-refractivity contribution in [1.29, 1.82) is 0 Å². The Morgan fingerprint density at radius 2 is 1.50 bits per heavy atom. The Morgan fingerprint density at radius 1 is 0.750 bits per heavy atom. The highest BCUT2D eigenvalue weighted by molar-refractivity contribution is 7.91. The summed E-state index contributed by atoms with van der Waals surface area (Å²) in [6.07, 6.45) is 1.17. The molecule has 3 aromatic carbocycles. The molecule has 2 nitrogen and oxygen atoms in total. The standard InChI is InChI=1S/C21H11F4NOS/c22-15-6-2-1-4-13(15)20-14-5-3-7-17(24)21(14)26-11-19(20)28(27)12-8-9-16(23)18(25)10-12/h1-11H. The zero-order chi connectivity index (χ0) is 19.8. The second kappa shape index (κ2) is 7.26. The van der Waals surface area contributed by atoms with Gasteiger partial charge in [-0.15, -0.1) is 0 Å². The molecule has 0 N–H and O–H groups in total. The molecular weight excluding hydrogens is 390 g/mol. The van der Waals surface area contributed by atoms with E-state index in [0.29, 0.717) is 0 Å². The summed E-state index contributed by atoms with van der Waals surface area (Å²) in [6, 6.07) is 12.8. The van der Waals surface area contributed by atoms with Gasteiger partial charge in [-0.3, -0.25) is 0 Å². The van der Waals surface area contributed by atoms with Crippen LogP contribution >= 0.6 is 0 Å². The van der Waals surface area contributed by atoms with Crippen LogP contribution in [0.4, 0.5) is 17.6 Å². The van der Waals surface area contributed by atoms with Gasteiger partial charge in [-0.1, -0.05) is 30.3 Å². The lowest BCUT2D eigenvalue weighted by Gasteiger charge is -2.16. The van der Waals surface area contributed by atoms with Crippen molar-refractivity contribution >= 4 is 22.1 Å². The van der Waals surface area contributed by atoms with Crippen LogP contribution in [0.25, 0.3) is 22.0 Å². The van der Waals surface area contributed by atoms with E-state index in [9.17, 15) is 22.1 Å². The van der Waals surface area contributed by atoms with E-state index in [0.717, 1.165) is 12.1 Å². The first-order valence-electron chi connectivity index (χ1n) is 8.16. The molecule has 4 aromatic rings. The number of hydrogen-bond donors (Lipinski definition) is 0. The Labute approximate surface area is 160 Å². The van der Waals surface area contributed by atoms with Gasteiger partial charge < -0.3 is 4.55 Å². The van der Waals surface area contributed by atoms with Gasteiger partial charge in [0.2, 0.25) is 0 Å². The zero-order valence-electron chi connectivity index (χ0n) is 14.1. The quantitative estimate of drug-likeness (QED) is 0.330. The summed E-state index contributed by atoms with van der Waals surface area (Å²) in [5.74, 6) is -3.44. The average Bonchev–Trinajstić information content (AvgIpc) is 2.69. The zero-order valence-corrected chi connectivity index (χ0v) is 14.9. The Kier molecular flexibility index (Phi) is 4.78. The van der Waals surface area contributed by atoms with Gasteiger partial charge in [0.1, 0.15) is 17.2 Å². The molecule has 4 rings (SSSR count). The summed E-state index contributed by atoms with van der Waals surface area (Å²) >= 11 is -2.01. The van der Waals surface area contributed by atoms with Crippen molar-refractivity contribution in [2.75, 3.05) is 0 Å². The molecule has 1 aromatic heterocycles. The number of aromatic nitrogens is 1. The van der Waals surface area contributed by atoms with Gasteiger partial charge >= 0.3 is 0 Å². The number of fused-ring (bicyclic) bond motifs is 1. The molecule has 0 bridgehead atoms. The monoisotopic (exact) mass is 401 g/mol. The molecule has 1 atom stereocenters. The maximum atomic E-state index is 14.5. The van der Waals surface area contributed by atoms with Crippen LogP contribution in [0.3, 0.4) is 0 Å². The van der Waals surface area contributed by atoms with Crippen molar-refractivity contribution in [3.63, 3.8) is 0 Å². The third-order valence-corrected chi connectivity index (χ3v) is 5.65. The van der Waals surface area contributed by atoms with Gasteiger partial charge in [0, 0.05) is 28.2 Å². The fourth-order valence-electron chi connectivity index (χ4n) is 2.97. The highest BCUT2D eigenvalue weighted by Gasteiger charge is 2.26. The summed E-state index contributed by atoms with van der Waals surface area (Å²) < 4.78 is 68.7. The minimum Gasteiger partial charge on any atom is -0.606 e. The molecule has 0 saturated carbocycles. The van der Waals surface area contributed by atoms with Gasteiger partial charge in [-0.25, -0.2) is 22.5 Å². The number of halogens is 4. The molecular formula is C21H11F4NOS. The minimum absolute atomic E-state index is 0.00760. The largest absolute Gasteiger partial charge is 0.606 e. The molecule has 1 heterocycles. The van der Waals surface area contributed by atoms with E-state index in [1.54, 1.807) is 12.1 Å². The van der Waals surface area contributed by atoms with Crippen LogP contribution < -0.4 is 0 Å². The van der Waals surface area contributed by atoms with Gasteiger partial charge in [-0.2, -0.15) is 0 Å². The number of benzene rings is 3. The van der Waals surface area contributed by atoms with Crippen molar-refractivity contribution in [3.8, 4) is 11.1 Å². The van der Waals surface area contributed by atoms with Crippen molar-refractivity contribution in [3.05, 3.63) is 90.1 Å². The third-order valence-electron chi connectivity index (χ3n) is 4.26. The second-order valence-corrected chi connectivity index (χ2v) is 7.41. The van der Waals surface area contributed by atoms with E-state index in [1.807, 2.05) is 0 Å². The smallest absolute Gasteiger partial charge is 0.185 e. The average molecular weight is 401 g/mol. The fourth-order valence-corrected chi connectivity index (χ4v) is 4.18. The molecule has 0 aliphatic heterocycles. The van der Waals surface area contributed by atoms with Crippen molar-refractivity contribution in [1.82, 2.24) is 4.98 Å². The Balaban J connectivity index is 2.02. The van der Waals surface area contributed by atoms with Gasteiger partial charge in [0.15, 0.2) is 21.4 Å². The van der Waals surface area contributed by atoms with E-state index >= 15 is 0 Å². The van der Waals surface area contributed by atoms with Crippen LogP contribution in [-0.2, 0) is 11.2 Å². The van der Waals surface area contributed by atoms with Crippen molar-refractivity contribution in [2.24, 2.45) is 0 Å². The Morgan fingerprint density at radius 3 is 2.25 bits per heavy atom. The van der Waals surface area contributed by atoms with Gasteiger partial charge in [0.05, 0.1) is 11.8 Å². The lowest BCUT2D eigenvalue weighted by Crippen LogP contribution is -2.07. The number of rotatable bonds is 3. The van der Waals surface area contributed by atoms with Crippen LogP contribution in [-0.4, -0.2) is 9.54 Å². The molecule has 0 amide bonds. The summed E-state index contributed by atoms with van der Waals surface area (Å²) in [7, 11) is 0. The summed E-state index contributed by atoms with van der Waals surface area (Å²) in [5, 5.41) is 0.263. The predicted molar refractivity (Wildman–Crippen MR) is 98.1 cm³/mol. The molecule has 1 unspecified atom stereocenters. The van der Waals surface area contributed by atoms with E-state index in [2.05, 4.69) is 4.98 Å². The lowest BCUT2D eigenvalue weighted by atomic mass is 10.0. The molecule has 0 aliphatic carbocycles. The first-order valence-corrected chi connectivity index (χ1v) is 9.31. The Bertz CT molecular complexity index is 1200. The van der Waals surface area contributed by atoms with E-state index in [-0.39, 0.29) is 31.8 Å². The number of pyridine rings is 1. The van der Waals surface area contributed by atoms with Crippen LogP contribution in [0, 0.1) is 23.3 Å². The van der Waals surface area contributed by atoms with Crippen LogP contribution in [0.2, 0.25) is 0 Å². The van der Waals surface area contributed by atoms with E-state index in [4.69, 9.17) is 0 Å². The normalized spacial score (nSPS) is 12.3. The fraction of sp³-hybridized carbons (Fsp3) is 0. The molecule has 0 fully saturated rings. The summed E-state index contributed by atoms with van der Waals surface area (Å²) in [4.78, 5) is 4.07. The SMILES string of the molecule is [O-][S+](c1ccc(F)c(F)c1)c1cnc2c(F)cccc2c1-c1ccccc1F.